The molecule has 0 unspecified atom stereocenters. The van der Waals surface area contributed by atoms with E-state index in [9.17, 15) is 0 Å². The van der Waals surface area contributed by atoms with E-state index in [-0.39, 0.29) is 29.6 Å². The molecular weight excluding hydrogens is 434 g/mol. The zero-order valence-corrected chi connectivity index (χ0v) is 25.7. The summed E-state index contributed by atoms with van der Waals surface area (Å²) in [6.07, 6.45) is 0. The van der Waals surface area contributed by atoms with E-state index < -0.39 is 13.1 Å². The van der Waals surface area contributed by atoms with Crippen molar-refractivity contribution in [3.8, 4) is 0 Å². The van der Waals surface area contributed by atoms with E-state index in [4.69, 9.17) is 0 Å². The fraction of sp³-hybridized carbons (Fsp3) is 0.250. The molecule has 0 nitrogen and oxygen atoms in total. The van der Waals surface area contributed by atoms with Crippen LogP contribution in [-0.4, -0.2) is 13.1 Å². The van der Waals surface area contributed by atoms with E-state index in [1.807, 2.05) is 0 Å². The molecule has 2 heteroatoms. The second kappa shape index (κ2) is 10.6. The number of rotatable bonds is 4. The van der Waals surface area contributed by atoms with Crippen molar-refractivity contribution >= 4 is 30.8 Å². The molecule has 0 saturated carbocycles. The molecule has 4 rings (SSSR count). The zero-order valence-electron chi connectivity index (χ0n) is 22.5. The van der Waals surface area contributed by atoms with Gasteiger partial charge in [0, 0.05) is 0 Å². The average molecular weight is 471 g/mol. The minimum absolute atomic E-state index is 0. The molecule has 0 spiro atoms. The molecule has 0 aliphatic heterocycles. The van der Waals surface area contributed by atoms with Crippen molar-refractivity contribution in [1.29, 1.82) is 0 Å². The van der Waals surface area contributed by atoms with Crippen LogP contribution in [0.3, 0.4) is 0 Å². The summed E-state index contributed by atoms with van der Waals surface area (Å²) in [4.78, 5) is 0. The monoisotopic (exact) mass is 470 g/mol. The molecule has 4 aromatic rings. The van der Waals surface area contributed by atoms with Crippen molar-refractivity contribution < 1.29 is 29.6 Å². The molecule has 0 amide bonds. The molecule has 4 aromatic carbocycles. The molecule has 0 aromatic heterocycles. The SMILES string of the molecule is Cc1cc[c]([Al-]([c]2ccc(C)cc2C)([c]2ccc(C)cc2C)[c]2ccc(C)cc2C)c(C)c1.[Na+]. The second-order valence-corrected chi connectivity index (χ2v) is 14.5. The third kappa shape index (κ3) is 4.75. The predicted molar refractivity (Wildman–Crippen MR) is 148 cm³/mol. The van der Waals surface area contributed by atoms with Gasteiger partial charge in [-0.1, -0.05) is 93.0 Å². The summed E-state index contributed by atoms with van der Waals surface area (Å²) in [5.74, 6) is 0. The first-order valence-electron chi connectivity index (χ1n) is 12.1. The average Bonchev–Trinajstić information content (AvgIpc) is 2.72. The van der Waals surface area contributed by atoms with Gasteiger partial charge in [0.25, 0.3) is 13.1 Å². The molecule has 0 aliphatic carbocycles. The van der Waals surface area contributed by atoms with Gasteiger partial charge in [-0.25, -0.2) is 17.7 Å². The van der Waals surface area contributed by atoms with Crippen molar-refractivity contribution in [2.24, 2.45) is 0 Å². The van der Waals surface area contributed by atoms with Gasteiger partial charge in [-0.15, -0.1) is 24.3 Å². The normalized spacial score (nSPS) is 11.3. The van der Waals surface area contributed by atoms with Crippen LogP contribution in [-0.2, 0) is 0 Å². The maximum absolute atomic E-state index is 3.00. The summed E-state index contributed by atoms with van der Waals surface area (Å²) in [7, 11) is 0. The van der Waals surface area contributed by atoms with Gasteiger partial charge < -0.3 is 0 Å². The topological polar surface area (TPSA) is 0 Å². The van der Waals surface area contributed by atoms with E-state index in [2.05, 4.69) is 128 Å². The Morgan fingerprint density at radius 2 is 0.559 bits per heavy atom. The Kier molecular flexibility index (Phi) is 8.40. The van der Waals surface area contributed by atoms with E-state index >= 15 is 0 Å². The van der Waals surface area contributed by atoms with E-state index in [0.717, 1.165) is 0 Å². The standard InChI is InChI=1S/4C8H9.Al.Na/c4*1-7-4-3-5-8(2)6-7;;/h4*3-4,6H,1-2H3;;/q;;;;-1;+1. The molecule has 0 atom stereocenters. The van der Waals surface area contributed by atoms with Crippen molar-refractivity contribution in [1.82, 2.24) is 0 Å². The maximum atomic E-state index is 2.44. The molecule has 168 valence electrons. The molecular formula is C32H36AlNa. The first kappa shape index (κ1) is 27.0. The molecule has 0 heterocycles. The van der Waals surface area contributed by atoms with Gasteiger partial charge in [0.15, 0.2) is 0 Å². The molecule has 0 saturated heterocycles. The molecule has 0 N–H and O–H groups in total. The van der Waals surface area contributed by atoms with Gasteiger partial charge in [-0.3, -0.25) is 0 Å². The molecule has 0 aliphatic rings. The summed E-state index contributed by atoms with van der Waals surface area (Å²) in [6.45, 7) is 18.1. The molecule has 34 heavy (non-hydrogen) atoms. The minimum atomic E-state index is -3.00. The van der Waals surface area contributed by atoms with E-state index in [1.165, 1.54) is 62.2 Å². The van der Waals surface area contributed by atoms with Crippen LogP contribution < -0.4 is 47.3 Å². The maximum Gasteiger partial charge on any atom is 1.00 e. The minimum Gasteiger partial charge on any atom is -0.215 e. The Balaban J connectivity index is 0.00000324. The fourth-order valence-electron chi connectivity index (χ4n) is 6.25. The van der Waals surface area contributed by atoms with Crippen molar-refractivity contribution in [2.45, 2.75) is 55.4 Å². The second-order valence-electron chi connectivity index (χ2n) is 10.3. The Labute approximate surface area is 231 Å². The number of benzene rings is 4. The third-order valence-corrected chi connectivity index (χ3v) is 13.9. The van der Waals surface area contributed by atoms with Gasteiger partial charge in [-0.2, -0.15) is 0 Å². The van der Waals surface area contributed by atoms with Crippen LogP contribution >= 0.6 is 0 Å². The van der Waals surface area contributed by atoms with Gasteiger partial charge in [-0.05, 0) is 55.4 Å². The number of hydrogen-bond acceptors (Lipinski definition) is 0. The van der Waals surface area contributed by atoms with Crippen LogP contribution in [0, 0.1) is 55.4 Å². The number of aryl methyl sites for hydroxylation is 8. The van der Waals surface area contributed by atoms with Gasteiger partial charge in [0.2, 0.25) is 0 Å². The van der Waals surface area contributed by atoms with E-state index in [0.29, 0.717) is 0 Å². The Morgan fingerprint density at radius 1 is 0.353 bits per heavy atom. The molecule has 0 fully saturated rings. The fourth-order valence-corrected chi connectivity index (χ4v) is 12.9. The smallest absolute Gasteiger partial charge is 0.215 e. The summed E-state index contributed by atoms with van der Waals surface area (Å²) in [6, 6.07) is 28.5. The van der Waals surface area contributed by atoms with Crippen molar-refractivity contribution in [3.05, 3.63) is 117 Å². The van der Waals surface area contributed by atoms with Crippen LogP contribution in [0.25, 0.3) is 0 Å². The Hall–Kier alpha value is -1.59. The van der Waals surface area contributed by atoms with Crippen LogP contribution in [0.5, 0.6) is 0 Å². The van der Waals surface area contributed by atoms with Gasteiger partial charge in [0.05, 0.1) is 0 Å². The summed E-state index contributed by atoms with van der Waals surface area (Å²) in [5.41, 5.74) is 10.9. The quantitative estimate of drug-likeness (QED) is 0.402. The first-order chi connectivity index (χ1) is 15.6. The van der Waals surface area contributed by atoms with Gasteiger partial charge >= 0.3 is 29.6 Å². The largest absolute Gasteiger partial charge is 1.00 e. The summed E-state index contributed by atoms with van der Waals surface area (Å²) >= 11 is -3.00. The molecule has 0 radical (unpaired) electrons. The summed E-state index contributed by atoms with van der Waals surface area (Å²) < 4.78 is 6.11. The van der Waals surface area contributed by atoms with Crippen LogP contribution in [0.2, 0.25) is 0 Å². The molecule has 0 bridgehead atoms. The Morgan fingerprint density at radius 3 is 0.735 bits per heavy atom. The van der Waals surface area contributed by atoms with Crippen LogP contribution in [0.15, 0.2) is 72.8 Å². The number of hydrogen-bond donors (Lipinski definition) is 0. The third-order valence-electron chi connectivity index (χ3n) is 7.57. The van der Waals surface area contributed by atoms with Crippen molar-refractivity contribution in [2.75, 3.05) is 0 Å². The van der Waals surface area contributed by atoms with Crippen molar-refractivity contribution in [3.63, 3.8) is 0 Å². The van der Waals surface area contributed by atoms with Crippen LogP contribution in [0.1, 0.15) is 44.5 Å². The van der Waals surface area contributed by atoms with Gasteiger partial charge in [0.1, 0.15) is 0 Å². The van der Waals surface area contributed by atoms with Crippen LogP contribution in [0.4, 0.5) is 0 Å². The summed E-state index contributed by atoms with van der Waals surface area (Å²) in [5, 5.41) is 0. The predicted octanol–water partition coefficient (Wildman–Crippen LogP) is 2.54. The zero-order chi connectivity index (χ0) is 23.9. The first-order valence-corrected chi connectivity index (χ1v) is 14.4. The Bertz CT molecular complexity index is 1140. The van der Waals surface area contributed by atoms with E-state index in [1.54, 1.807) is 0 Å².